The Morgan fingerprint density at radius 2 is 2.00 bits per heavy atom. The highest BCUT2D eigenvalue weighted by Gasteiger charge is 2.39. The second-order valence-corrected chi connectivity index (χ2v) is 11.3. The molecule has 3 N–H and O–H groups in total. The molecule has 1 fully saturated rings. The first-order valence-corrected chi connectivity index (χ1v) is 14.0. The molecule has 208 valence electrons. The Morgan fingerprint density at radius 3 is 2.78 bits per heavy atom. The van der Waals surface area contributed by atoms with Crippen LogP contribution in [0, 0.1) is 6.92 Å². The largest absolute Gasteiger partial charge is 0.354 e. The number of H-pyrrole nitrogens is 1. The zero-order chi connectivity index (χ0) is 28.7. The summed E-state index contributed by atoms with van der Waals surface area (Å²) >= 11 is 2.25. The minimum Gasteiger partial charge on any atom is -0.354 e. The van der Waals surface area contributed by atoms with Gasteiger partial charge in [-0.2, -0.15) is 15.3 Å². The minimum atomic E-state index is -0.705. The van der Waals surface area contributed by atoms with E-state index in [-0.39, 0.29) is 33.9 Å². The van der Waals surface area contributed by atoms with Gasteiger partial charge < -0.3 is 20.5 Å². The maximum absolute atomic E-state index is 13.7. The molecule has 0 radical (unpaired) electrons. The maximum atomic E-state index is 13.7. The number of likely N-dealkylation sites (tertiary alicyclic amines) is 1. The predicted octanol–water partition coefficient (Wildman–Crippen LogP) is 1.87. The fourth-order valence-corrected chi connectivity index (χ4v) is 5.89. The first-order chi connectivity index (χ1) is 19.8. The summed E-state index contributed by atoms with van der Waals surface area (Å²) in [5.41, 5.74) is 3.44. The van der Waals surface area contributed by atoms with Crippen LogP contribution < -0.4 is 10.6 Å². The number of rotatable bonds is 6. The lowest BCUT2D eigenvalue weighted by Crippen LogP contribution is -2.44. The zero-order valence-electron chi connectivity index (χ0n) is 22.0. The molecule has 1 aliphatic heterocycles. The fraction of sp³-hybridized carbons (Fsp3) is 0.269. The Labute approximate surface area is 246 Å². The zero-order valence-corrected chi connectivity index (χ0v) is 24.2. The molecule has 0 bridgehead atoms. The van der Waals surface area contributed by atoms with Gasteiger partial charge in [0.1, 0.15) is 23.9 Å². The van der Waals surface area contributed by atoms with E-state index in [1.54, 1.807) is 24.2 Å². The number of halogens is 1. The van der Waals surface area contributed by atoms with E-state index in [4.69, 9.17) is 0 Å². The molecule has 5 heterocycles. The summed E-state index contributed by atoms with van der Waals surface area (Å²) in [6.07, 6.45) is 5.20. The van der Waals surface area contributed by atoms with Gasteiger partial charge in [0.05, 0.1) is 24.2 Å². The topological polar surface area (TPSA) is 177 Å². The van der Waals surface area contributed by atoms with Crippen LogP contribution in [0.3, 0.4) is 0 Å². The number of anilines is 1. The predicted molar refractivity (Wildman–Crippen MR) is 157 cm³/mol. The van der Waals surface area contributed by atoms with Crippen LogP contribution in [0.25, 0.3) is 33.2 Å². The van der Waals surface area contributed by atoms with Crippen LogP contribution in [0.1, 0.15) is 22.7 Å². The maximum Gasteiger partial charge on any atom is 0.272 e. The number of nitrogens with one attached hydrogen (secondary N) is 3. The number of aromatic nitrogens is 8. The number of aromatic amines is 1. The number of aryl methyl sites for hydroxylation is 1. The average molecular weight is 665 g/mol. The number of amides is 3. The molecule has 5 aromatic rings. The molecule has 6 rings (SSSR count). The summed E-state index contributed by atoms with van der Waals surface area (Å²) in [6, 6.07) is 6.66. The van der Waals surface area contributed by atoms with Gasteiger partial charge >= 0.3 is 0 Å². The third-order valence-electron chi connectivity index (χ3n) is 6.91. The Kier molecular flexibility index (Phi) is 7.02. The van der Waals surface area contributed by atoms with Gasteiger partial charge in [-0.15, -0.1) is 0 Å². The number of carbonyl (C=O) groups excluding carboxylic acids is 3. The van der Waals surface area contributed by atoms with Crippen molar-refractivity contribution in [3.05, 3.63) is 54.5 Å². The van der Waals surface area contributed by atoms with Crippen molar-refractivity contribution in [2.24, 2.45) is 0 Å². The molecule has 14 nitrogen and oxygen atoms in total. The molecule has 2 unspecified atom stereocenters. The van der Waals surface area contributed by atoms with Crippen molar-refractivity contribution < 1.29 is 14.4 Å². The highest BCUT2D eigenvalue weighted by molar-refractivity contribution is 14.1. The van der Waals surface area contributed by atoms with Gasteiger partial charge in [-0.25, -0.2) is 15.0 Å². The second-order valence-electron chi connectivity index (χ2n) is 9.55. The number of fused-ring (bicyclic) bond motifs is 2. The van der Waals surface area contributed by atoms with Crippen molar-refractivity contribution in [2.75, 3.05) is 18.9 Å². The summed E-state index contributed by atoms with van der Waals surface area (Å²) in [5, 5.41) is 18.3. The van der Waals surface area contributed by atoms with E-state index >= 15 is 0 Å². The van der Waals surface area contributed by atoms with Gasteiger partial charge in [-0.3, -0.25) is 19.1 Å². The molecule has 41 heavy (non-hydrogen) atoms. The van der Waals surface area contributed by atoms with Gasteiger partial charge in [-0.1, -0.05) is 28.7 Å². The lowest BCUT2D eigenvalue weighted by Gasteiger charge is -2.24. The van der Waals surface area contributed by atoms with Crippen LogP contribution in [0.2, 0.25) is 0 Å². The Hall–Kier alpha value is -4.54. The number of benzene rings is 1. The fourth-order valence-electron chi connectivity index (χ4n) is 4.99. The van der Waals surface area contributed by atoms with Crippen molar-refractivity contribution in [1.29, 1.82) is 0 Å². The molecule has 0 spiro atoms. The molecule has 2 atom stereocenters. The van der Waals surface area contributed by atoms with Gasteiger partial charge in [0.25, 0.3) is 5.91 Å². The molecule has 0 aliphatic carbocycles. The quantitative estimate of drug-likeness (QED) is 0.181. The van der Waals surface area contributed by atoms with Gasteiger partial charge in [0.15, 0.2) is 17.2 Å². The molecule has 1 aromatic carbocycles. The Morgan fingerprint density at radius 1 is 1.15 bits per heavy atom. The summed E-state index contributed by atoms with van der Waals surface area (Å²) in [5.74, 6) is -0.231. The average Bonchev–Trinajstić information content (AvgIpc) is 3.70. The molecule has 15 heteroatoms. The molecule has 1 aliphatic rings. The normalized spacial score (nSPS) is 16.8. The van der Waals surface area contributed by atoms with Crippen molar-refractivity contribution in [3.8, 4) is 11.1 Å². The number of hydrogen-bond acceptors (Lipinski definition) is 9. The lowest BCUT2D eigenvalue weighted by molar-refractivity contribution is -0.137. The summed E-state index contributed by atoms with van der Waals surface area (Å²) in [6.45, 7) is 1.98. The van der Waals surface area contributed by atoms with Gasteiger partial charge in [0, 0.05) is 28.5 Å². The number of hydrogen-bond donors (Lipinski definition) is 3. The molecule has 1 saturated heterocycles. The third kappa shape index (κ3) is 5.07. The third-order valence-corrected chi connectivity index (χ3v) is 7.81. The van der Waals surface area contributed by atoms with Crippen LogP contribution in [0.4, 0.5) is 5.82 Å². The monoisotopic (exact) mass is 665 g/mol. The van der Waals surface area contributed by atoms with Crippen molar-refractivity contribution in [2.45, 2.75) is 29.9 Å². The minimum absolute atomic E-state index is 0.0823. The molecule has 3 amide bonds. The summed E-state index contributed by atoms with van der Waals surface area (Å²) in [7, 11) is 1.53. The van der Waals surface area contributed by atoms with Crippen molar-refractivity contribution >= 4 is 68.2 Å². The first kappa shape index (κ1) is 26.7. The highest BCUT2D eigenvalue weighted by Crippen LogP contribution is 2.29. The Bertz CT molecular complexity index is 1800. The number of imidazole rings is 1. The molecule has 4 aromatic heterocycles. The van der Waals surface area contributed by atoms with Crippen LogP contribution in [0.15, 0.2) is 43.0 Å². The van der Waals surface area contributed by atoms with Crippen molar-refractivity contribution in [3.63, 3.8) is 0 Å². The number of carbonyl (C=O) groups is 3. The van der Waals surface area contributed by atoms with Crippen LogP contribution in [-0.4, -0.2) is 86.1 Å². The summed E-state index contributed by atoms with van der Waals surface area (Å²) < 4.78 is 1.59. The van der Waals surface area contributed by atoms with Gasteiger partial charge in [0.2, 0.25) is 11.8 Å². The van der Waals surface area contributed by atoms with Gasteiger partial charge in [-0.05, 0) is 37.1 Å². The molecule has 0 saturated carbocycles. The van der Waals surface area contributed by atoms with Crippen LogP contribution >= 0.6 is 22.6 Å². The van der Waals surface area contributed by atoms with E-state index in [0.717, 1.165) is 11.1 Å². The Balaban J connectivity index is 1.28. The van der Waals surface area contributed by atoms with Crippen LogP contribution in [0.5, 0.6) is 0 Å². The standard InChI is InChI=1S/C26H24IN11O3/c1-13-33-23-22(29-12-30-23)24(34-13)35-25(40)19-8-16(27)10-37(19)20(39)11-38-18-4-3-14(15-5-6-31-32-9-15)7-17(18)21(36-38)26(41)28-2/h3-7,9,12,16,19H,8,10-11H2,1-2H3,(H,28,41)(H2,29,30,33,34,35,40). The van der Waals surface area contributed by atoms with E-state index in [0.29, 0.717) is 46.7 Å². The second kappa shape index (κ2) is 10.8. The lowest BCUT2D eigenvalue weighted by atomic mass is 10.0. The van der Waals surface area contributed by atoms with E-state index < -0.39 is 6.04 Å². The van der Waals surface area contributed by atoms with E-state index in [2.05, 4.69) is 68.5 Å². The SMILES string of the molecule is CNC(=O)c1nn(CC(=O)N2CC(I)CC2C(=O)Nc2nc(C)nc3nc[nH]c23)c2ccc(-c3ccnnc3)cc12. The first-order valence-electron chi connectivity index (χ1n) is 12.7. The van der Waals surface area contributed by atoms with Crippen molar-refractivity contribution in [1.82, 2.24) is 50.1 Å². The highest BCUT2D eigenvalue weighted by atomic mass is 127. The van der Waals surface area contributed by atoms with E-state index in [1.165, 1.54) is 18.1 Å². The molecular formula is C26H24IN11O3. The van der Waals surface area contributed by atoms with Crippen LogP contribution in [-0.2, 0) is 16.1 Å². The molecular weight excluding hydrogens is 641 g/mol. The van der Waals surface area contributed by atoms with E-state index in [1.807, 2.05) is 24.3 Å². The number of nitrogens with zero attached hydrogens (tertiary/aromatic N) is 8. The number of alkyl halides is 1. The summed E-state index contributed by atoms with van der Waals surface area (Å²) in [4.78, 5) is 57.1. The smallest absolute Gasteiger partial charge is 0.272 e. The van der Waals surface area contributed by atoms with E-state index in [9.17, 15) is 14.4 Å².